The number of nitrogens with zero attached hydrogens (tertiary/aromatic N) is 2. The third kappa shape index (κ3) is 2.05. The number of aromatic amines is 1. The van der Waals surface area contributed by atoms with E-state index in [2.05, 4.69) is 10.2 Å². The average Bonchev–Trinajstić information content (AvgIpc) is 3.03. The van der Waals surface area contributed by atoms with Crippen LogP contribution < -0.4 is 0 Å². The van der Waals surface area contributed by atoms with E-state index >= 15 is 0 Å². The molecule has 0 amide bonds. The van der Waals surface area contributed by atoms with Crippen LogP contribution in [0.3, 0.4) is 0 Å². The Hall–Kier alpha value is -1.40. The van der Waals surface area contributed by atoms with Crippen LogP contribution in [0.15, 0.2) is 22.8 Å². The summed E-state index contributed by atoms with van der Waals surface area (Å²) in [4.78, 5) is 0. The van der Waals surface area contributed by atoms with Gasteiger partial charge in [-0.1, -0.05) is 0 Å². The van der Waals surface area contributed by atoms with Gasteiger partial charge in [0, 0.05) is 6.61 Å². The first-order chi connectivity index (χ1) is 8.34. The van der Waals surface area contributed by atoms with E-state index in [4.69, 9.17) is 21.4 Å². The van der Waals surface area contributed by atoms with Crippen molar-refractivity contribution in [2.45, 2.75) is 25.5 Å². The molecule has 0 bridgehead atoms. The van der Waals surface area contributed by atoms with Gasteiger partial charge in [-0.25, -0.2) is 0 Å². The molecule has 17 heavy (non-hydrogen) atoms. The van der Waals surface area contributed by atoms with Crippen molar-refractivity contribution in [3.05, 3.63) is 34.8 Å². The fourth-order valence-corrected chi connectivity index (χ4v) is 2.27. The molecule has 1 saturated heterocycles. The predicted octanol–water partition coefficient (Wildman–Crippen LogP) is 2.43. The lowest BCUT2D eigenvalue weighted by atomic mass is 10.2. The average molecular weight is 251 g/mol. The van der Waals surface area contributed by atoms with Gasteiger partial charge in [-0.2, -0.15) is 5.10 Å². The standard InChI is InChI=1S/C11H13N3O2S/c17-11-13-12-10(9-4-2-6-16-9)14(11)7-8-3-1-5-15-8/h1,3,5,9H,2,4,6-7H2,(H,13,17). The molecule has 2 aromatic heterocycles. The zero-order valence-electron chi connectivity index (χ0n) is 9.26. The summed E-state index contributed by atoms with van der Waals surface area (Å²) in [6.45, 7) is 1.39. The van der Waals surface area contributed by atoms with E-state index in [1.54, 1.807) is 6.26 Å². The van der Waals surface area contributed by atoms with Gasteiger partial charge in [-0.3, -0.25) is 9.67 Å². The van der Waals surface area contributed by atoms with Crippen LogP contribution in [-0.2, 0) is 11.3 Å². The molecule has 0 saturated carbocycles. The van der Waals surface area contributed by atoms with Crippen molar-refractivity contribution in [2.24, 2.45) is 0 Å². The number of furan rings is 1. The maximum Gasteiger partial charge on any atom is 0.195 e. The molecule has 5 nitrogen and oxygen atoms in total. The van der Waals surface area contributed by atoms with Gasteiger partial charge in [-0.15, -0.1) is 0 Å². The van der Waals surface area contributed by atoms with Crippen molar-refractivity contribution in [1.82, 2.24) is 14.8 Å². The molecule has 1 aliphatic heterocycles. The lowest BCUT2D eigenvalue weighted by Gasteiger charge is -2.10. The van der Waals surface area contributed by atoms with Gasteiger partial charge in [0.05, 0.1) is 12.8 Å². The van der Waals surface area contributed by atoms with Crippen molar-refractivity contribution < 1.29 is 9.15 Å². The summed E-state index contributed by atoms with van der Waals surface area (Å²) in [6.07, 6.45) is 3.78. The Morgan fingerprint density at radius 2 is 2.53 bits per heavy atom. The van der Waals surface area contributed by atoms with E-state index in [1.807, 2.05) is 16.7 Å². The lowest BCUT2D eigenvalue weighted by molar-refractivity contribution is 0.102. The molecule has 0 aromatic carbocycles. The highest BCUT2D eigenvalue weighted by atomic mass is 32.1. The number of rotatable bonds is 3. The van der Waals surface area contributed by atoms with Crippen LogP contribution >= 0.6 is 12.2 Å². The summed E-state index contributed by atoms with van der Waals surface area (Å²) in [7, 11) is 0. The van der Waals surface area contributed by atoms with Gasteiger partial charge in [-0.05, 0) is 37.2 Å². The number of hydrogen-bond donors (Lipinski definition) is 1. The molecule has 1 atom stereocenters. The first-order valence-corrected chi connectivity index (χ1v) is 6.04. The molecule has 1 aliphatic rings. The molecular formula is C11H13N3O2S. The lowest BCUT2D eigenvalue weighted by Crippen LogP contribution is -2.09. The molecular weight excluding hydrogens is 238 g/mol. The largest absolute Gasteiger partial charge is 0.467 e. The van der Waals surface area contributed by atoms with Crippen LogP contribution in [-0.4, -0.2) is 21.4 Å². The number of ether oxygens (including phenoxy) is 1. The van der Waals surface area contributed by atoms with Gasteiger partial charge < -0.3 is 9.15 Å². The summed E-state index contributed by atoms with van der Waals surface area (Å²) < 4.78 is 13.5. The molecule has 1 unspecified atom stereocenters. The first kappa shape index (κ1) is 10.7. The van der Waals surface area contributed by atoms with E-state index in [-0.39, 0.29) is 6.10 Å². The number of H-pyrrole nitrogens is 1. The molecule has 3 heterocycles. The van der Waals surface area contributed by atoms with E-state index in [9.17, 15) is 0 Å². The Labute approximate surface area is 103 Å². The van der Waals surface area contributed by atoms with Crippen LogP contribution in [0.5, 0.6) is 0 Å². The van der Waals surface area contributed by atoms with Crippen LogP contribution in [0.1, 0.15) is 30.5 Å². The van der Waals surface area contributed by atoms with Crippen LogP contribution in [0.2, 0.25) is 0 Å². The minimum Gasteiger partial charge on any atom is -0.467 e. The molecule has 2 aromatic rings. The SMILES string of the molecule is S=c1[nH]nc(C2CCCO2)n1Cc1ccco1. The Kier molecular flexibility index (Phi) is 2.82. The predicted molar refractivity (Wildman–Crippen MR) is 63.1 cm³/mol. The Balaban J connectivity index is 1.92. The highest BCUT2D eigenvalue weighted by Crippen LogP contribution is 2.27. The van der Waals surface area contributed by atoms with Gasteiger partial charge in [0.15, 0.2) is 10.6 Å². The highest BCUT2D eigenvalue weighted by molar-refractivity contribution is 7.71. The third-order valence-corrected chi connectivity index (χ3v) is 3.21. The van der Waals surface area contributed by atoms with Crippen LogP contribution in [0.4, 0.5) is 0 Å². The van der Waals surface area contributed by atoms with Gasteiger partial charge >= 0.3 is 0 Å². The molecule has 90 valence electrons. The van der Waals surface area contributed by atoms with E-state index in [0.29, 0.717) is 11.3 Å². The van der Waals surface area contributed by atoms with Gasteiger partial charge in [0.1, 0.15) is 11.9 Å². The maximum absolute atomic E-state index is 5.63. The fraction of sp³-hybridized carbons (Fsp3) is 0.455. The Bertz CT molecular complexity index is 537. The second-order valence-corrected chi connectivity index (χ2v) is 4.44. The minimum absolute atomic E-state index is 0.0536. The minimum atomic E-state index is 0.0536. The van der Waals surface area contributed by atoms with Crippen LogP contribution in [0, 0.1) is 4.77 Å². The summed E-state index contributed by atoms with van der Waals surface area (Å²) in [5.74, 6) is 1.73. The van der Waals surface area contributed by atoms with Crippen molar-refractivity contribution in [3.8, 4) is 0 Å². The monoisotopic (exact) mass is 251 g/mol. The smallest absolute Gasteiger partial charge is 0.195 e. The van der Waals surface area contributed by atoms with E-state index < -0.39 is 0 Å². The second kappa shape index (κ2) is 4.46. The Morgan fingerprint density at radius 1 is 1.59 bits per heavy atom. The van der Waals surface area contributed by atoms with Gasteiger partial charge in [0.25, 0.3) is 0 Å². The molecule has 0 aliphatic carbocycles. The second-order valence-electron chi connectivity index (χ2n) is 4.05. The first-order valence-electron chi connectivity index (χ1n) is 5.63. The van der Waals surface area contributed by atoms with Crippen molar-refractivity contribution in [1.29, 1.82) is 0 Å². The number of nitrogens with one attached hydrogen (secondary N) is 1. The zero-order chi connectivity index (χ0) is 11.7. The third-order valence-electron chi connectivity index (χ3n) is 2.90. The summed E-state index contributed by atoms with van der Waals surface area (Å²) in [5, 5.41) is 7.08. The van der Waals surface area contributed by atoms with Crippen molar-refractivity contribution in [2.75, 3.05) is 6.61 Å². The summed E-state index contributed by atoms with van der Waals surface area (Å²) in [6, 6.07) is 3.79. The van der Waals surface area contributed by atoms with Crippen LogP contribution in [0.25, 0.3) is 0 Å². The summed E-state index contributed by atoms with van der Waals surface area (Å²) in [5.41, 5.74) is 0. The van der Waals surface area contributed by atoms with Gasteiger partial charge in [0.2, 0.25) is 0 Å². The normalized spacial score (nSPS) is 19.9. The highest BCUT2D eigenvalue weighted by Gasteiger charge is 2.23. The fourth-order valence-electron chi connectivity index (χ4n) is 2.07. The molecule has 0 spiro atoms. The zero-order valence-corrected chi connectivity index (χ0v) is 10.1. The quantitative estimate of drug-likeness (QED) is 0.851. The van der Waals surface area contributed by atoms with Crippen molar-refractivity contribution in [3.63, 3.8) is 0 Å². The molecule has 0 radical (unpaired) electrons. The maximum atomic E-state index is 5.63. The van der Waals surface area contributed by atoms with Crippen molar-refractivity contribution >= 4 is 12.2 Å². The molecule has 1 N–H and O–H groups in total. The number of hydrogen-bond acceptors (Lipinski definition) is 4. The summed E-state index contributed by atoms with van der Waals surface area (Å²) >= 11 is 5.23. The molecule has 1 fully saturated rings. The number of aromatic nitrogens is 3. The topological polar surface area (TPSA) is 56.0 Å². The van der Waals surface area contributed by atoms with E-state index in [1.165, 1.54) is 0 Å². The molecule has 6 heteroatoms. The molecule has 3 rings (SSSR count). The van der Waals surface area contributed by atoms with E-state index in [0.717, 1.165) is 31.0 Å². The Morgan fingerprint density at radius 3 is 3.24 bits per heavy atom.